The molecule has 0 fully saturated rings. The number of thioether (sulfide) groups is 1. The second-order valence-electron chi connectivity index (χ2n) is 5.58. The minimum atomic E-state index is -0.425. The summed E-state index contributed by atoms with van der Waals surface area (Å²) in [7, 11) is 1.35. The smallest absolute Gasteiger partial charge is 0.341 e. The van der Waals surface area contributed by atoms with Crippen molar-refractivity contribution in [3.8, 4) is 0 Å². The third kappa shape index (κ3) is 3.76. The summed E-state index contributed by atoms with van der Waals surface area (Å²) in [5.41, 5.74) is 3.18. The third-order valence-electron chi connectivity index (χ3n) is 3.91. The van der Waals surface area contributed by atoms with E-state index >= 15 is 0 Å². The Morgan fingerprint density at radius 2 is 2.12 bits per heavy atom. The molecule has 6 nitrogen and oxygen atoms in total. The molecule has 1 aromatic carbocycles. The first-order valence-electron chi connectivity index (χ1n) is 8.11. The lowest BCUT2D eigenvalue weighted by atomic mass is 10.1. The summed E-state index contributed by atoms with van der Waals surface area (Å²) in [5, 5.41) is 4.07. The summed E-state index contributed by atoms with van der Waals surface area (Å²) in [6.07, 6.45) is 0.705. The van der Waals surface area contributed by atoms with Crippen LogP contribution in [-0.2, 0) is 16.0 Å². The van der Waals surface area contributed by atoms with Crippen LogP contribution in [0.25, 0.3) is 11.0 Å². The van der Waals surface area contributed by atoms with Gasteiger partial charge >= 0.3 is 5.97 Å². The number of carbonyl (C=O) groups is 2. The van der Waals surface area contributed by atoms with Gasteiger partial charge in [-0.3, -0.25) is 4.79 Å². The Balaban J connectivity index is 1.71. The number of carbonyl (C=O) groups excluding carboxylic acids is 2. The van der Waals surface area contributed by atoms with E-state index in [1.165, 1.54) is 30.2 Å². The van der Waals surface area contributed by atoms with Crippen molar-refractivity contribution < 1.29 is 14.3 Å². The van der Waals surface area contributed by atoms with Gasteiger partial charge in [-0.25, -0.2) is 9.78 Å². The van der Waals surface area contributed by atoms with E-state index in [2.05, 4.69) is 15.3 Å². The molecule has 0 aliphatic heterocycles. The molecule has 0 atom stereocenters. The molecule has 0 aliphatic rings. The zero-order chi connectivity index (χ0) is 18.7. The molecule has 1 amide bonds. The van der Waals surface area contributed by atoms with Gasteiger partial charge in [-0.1, -0.05) is 30.8 Å². The van der Waals surface area contributed by atoms with E-state index in [9.17, 15) is 9.59 Å². The van der Waals surface area contributed by atoms with Gasteiger partial charge in [-0.2, -0.15) is 0 Å². The maximum absolute atomic E-state index is 12.4. The number of H-pyrrole nitrogens is 1. The number of aromatic amines is 1. The molecule has 26 heavy (non-hydrogen) atoms. The Bertz CT molecular complexity index is 929. The summed E-state index contributed by atoms with van der Waals surface area (Å²) < 4.78 is 4.87. The number of hydrogen-bond acceptors (Lipinski definition) is 6. The molecule has 3 rings (SSSR count). The van der Waals surface area contributed by atoms with Crippen LogP contribution in [0, 0.1) is 6.92 Å². The van der Waals surface area contributed by atoms with Gasteiger partial charge in [0.15, 0.2) is 5.16 Å². The van der Waals surface area contributed by atoms with E-state index in [0.29, 0.717) is 22.1 Å². The molecule has 0 unspecified atom stereocenters. The van der Waals surface area contributed by atoms with Crippen molar-refractivity contribution in [2.75, 3.05) is 18.2 Å². The molecule has 2 aromatic heterocycles. The number of anilines is 1. The lowest BCUT2D eigenvalue weighted by molar-refractivity contribution is -0.113. The predicted octanol–water partition coefficient (Wildman–Crippen LogP) is 4.01. The number of imidazole rings is 1. The standard InChI is InChI=1S/C18H19N3O3S2/c1-4-11-10(2)26-16(15(11)17(23)24-3)21-14(22)9-25-18-19-12-7-5-6-8-13(12)20-18/h5-8H,4,9H2,1-3H3,(H,19,20)(H,21,22). The predicted molar refractivity (Wildman–Crippen MR) is 105 cm³/mol. The monoisotopic (exact) mass is 389 g/mol. The first kappa shape index (κ1) is 18.5. The fourth-order valence-electron chi connectivity index (χ4n) is 2.70. The molecule has 2 heterocycles. The lowest BCUT2D eigenvalue weighted by Crippen LogP contribution is -2.16. The zero-order valence-corrected chi connectivity index (χ0v) is 16.3. The average Bonchev–Trinajstić information content (AvgIpc) is 3.19. The van der Waals surface area contributed by atoms with Gasteiger partial charge in [-0.15, -0.1) is 11.3 Å². The van der Waals surface area contributed by atoms with Crippen molar-refractivity contribution >= 4 is 51.0 Å². The van der Waals surface area contributed by atoms with Crippen molar-refractivity contribution in [1.29, 1.82) is 0 Å². The second-order valence-corrected chi connectivity index (χ2v) is 7.77. The molecular formula is C18H19N3O3S2. The summed E-state index contributed by atoms with van der Waals surface area (Å²) >= 11 is 2.72. The number of amides is 1. The number of rotatable bonds is 6. The molecule has 0 spiro atoms. The summed E-state index contributed by atoms with van der Waals surface area (Å²) in [4.78, 5) is 33.1. The van der Waals surface area contributed by atoms with Crippen LogP contribution >= 0.6 is 23.1 Å². The van der Waals surface area contributed by atoms with Crippen LogP contribution in [0.5, 0.6) is 0 Å². The van der Waals surface area contributed by atoms with Crippen molar-refractivity contribution in [2.45, 2.75) is 25.4 Å². The van der Waals surface area contributed by atoms with Crippen molar-refractivity contribution in [1.82, 2.24) is 9.97 Å². The van der Waals surface area contributed by atoms with Gasteiger partial charge < -0.3 is 15.0 Å². The number of fused-ring (bicyclic) bond motifs is 1. The van der Waals surface area contributed by atoms with Gasteiger partial charge in [0.05, 0.1) is 29.5 Å². The number of hydrogen-bond donors (Lipinski definition) is 2. The molecule has 0 saturated heterocycles. The quantitative estimate of drug-likeness (QED) is 0.491. The molecule has 0 radical (unpaired) electrons. The van der Waals surface area contributed by atoms with Gasteiger partial charge in [0, 0.05) is 4.88 Å². The normalized spacial score (nSPS) is 10.9. The number of methoxy groups -OCH3 is 1. The van der Waals surface area contributed by atoms with Crippen LogP contribution in [0.3, 0.4) is 0 Å². The zero-order valence-electron chi connectivity index (χ0n) is 14.7. The molecule has 0 bridgehead atoms. The Morgan fingerprint density at radius 3 is 2.81 bits per heavy atom. The number of aromatic nitrogens is 2. The van der Waals surface area contributed by atoms with Crippen LogP contribution in [0.1, 0.15) is 27.7 Å². The van der Waals surface area contributed by atoms with E-state index in [0.717, 1.165) is 21.5 Å². The number of nitrogens with zero attached hydrogens (tertiary/aromatic N) is 1. The van der Waals surface area contributed by atoms with Crippen LogP contribution in [0.4, 0.5) is 5.00 Å². The number of esters is 1. The Kier molecular flexibility index (Phi) is 5.63. The molecule has 0 saturated carbocycles. The van der Waals surface area contributed by atoms with Crippen molar-refractivity contribution in [3.63, 3.8) is 0 Å². The van der Waals surface area contributed by atoms with Gasteiger partial charge in [0.25, 0.3) is 0 Å². The minimum Gasteiger partial charge on any atom is -0.465 e. The topological polar surface area (TPSA) is 84.1 Å². The van der Waals surface area contributed by atoms with Gasteiger partial charge in [-0.05, 0) is 31.0 Å². The fraction of sp³-hybridized carbons (Fsp3) is 0.278. The van der Waals surface area contributed by atoms with Crippen LogP contribution < -0.4 is 5.32 Å². The number of benzene rings is 1. The van der Waals surface area contributed by atoms with E-state index in [1.54, 1.807) is 0 Å². The molecule has 3 aromatic rings. The summed E-state index contributed by atoms with van der Waals surface area (Å²) in [6, 6.07) is 7.71. The highest BCUT2D eigenvalue weighted by molar-refractivity contribution is 7.99. The average molecular weight is 390 g/mol. The Hall–Kier alpha value is -2.32. The van der Waals surface area contributed by atoms with Crippen molar-refractivity contribution in [3.05, 3.63) is 40.3 Å². The van der Waals surface area contributed by atoms with E-state index in [1.807, 2.05) is 38.1 Å². The Labute approximate surface area is 159 Å². The maximum atomic E-state index is 12.4. The minimum absolute atomic E-state index is 0.190. The summed E-state index contributed by atoms with van der Waals surface area (Å²) in [5.74, 6) is -0.422. The van der Waals surface area contributed by atoms with Crippen LogP contribution in [0.2, 0.25) is 0 Å². The van der Waals surface area contributed by atoms with Gasteiger partial charge in [0.2, 0.25) is 5.91 Å². The second kappa shape index (κ2) is 7.92. The molecule has 8 heteroatoms. The first-order chi connectivity index (χ1) is 12.5. The summed E-state index contributed by atoms with van der Waals surface area (Å²) in [6.45, 7) is 3.92. The first-order valence-corrected chi connectivity index (χ1v) is 9.91. The highest BCUT2D eigenvalue weighted by Gasteiger charge is 2.23. The fourth-order valence-corrected chi connectivity index (χ4v) is 4.54. The lowest BCUT2D eigenvalue weighted by Gasteiger charge is -2.06. The molecule has 2 N–H and O–H groups in total. The maximum Gasteiger partial charge on any atom is 0.341 e. The van der Waals surface area contributed by atoms with Crippen LogP contribution in [0.15, 0.2) is 29.4 Å². The molecule has 136 valence electrons. The highest BCUT2D eigenvalue weighted by Crippen LogP contribution is 2.34. The molecule has 0 aliphatic carbocycles. The van der Waals surface area contributed by atoms with E-state index in [-0.39, 0.29) is 11.7 Å². The molecular weight excluding hydrogens is 370 g/mol. The number of thiophene rings is 1. The largest absolute Gasteiger partial charge is 0.465 e. The SMILES string of the molecule is CCc1c(C)sc(NC(=O)CSc2nc3ccccc3[nH]2)c1C(=O)OC. The number of aryl methyl sites for hydroxylation is 1. The third-order valence-corrected chi connectivity index (χ3v) is 5.85. The van der Waals surface area contributed by atoms with Gasteiger partial charge in [0.1, 0.15) is 5.00 Å². The number of nitrogens with one attached hydrogen (secondary N) is 2. The van der Waals surface area contributed by atoms with E-state index < -0.39 is 5.97 Å². The van der Waals surface area contributed by atoms with Crippen LogP contribution in [-0.4, -0.2) is 34.7 Å². The Morgan fingerprint density at radius 1 is 1.35 bits per heavy atom. The number of para-hydroxylation sites is 2. The van der Waals surface area contributed by atoms with Crippen molar-refractivity contribution in [2.24, 2.45) is 0 Å². The number of ether oxygens (including phenoxy) is 1. The highest BCUT2D eigenvalue weighted by atomic mass is 32.2. The van der Waals surface area contributed by atoms with E-state index in [4.69, 9.17) is 4.74 Å².